The molecule has 2 aromatic heterocycles. The molecule has 3 aromatic rings. The van der Waals surface area contributed by atoms with Gasteiger partial charge in [-0.2, -0.15) is 0 Å². The van der Waals surface area contributed by atoms with Crippen LogP contribution < -0.4 is 5.63 Å². The van der Waals surface area contributed by atoms with Crippen molar-refractivity contribution in [3.05, 3.63) is 46.0 Å². The highest BCUT2D eigenvalue weighted by Crippen LogP contribution is 2.29. The van der Waals surface area contributed by atoms with E-state index in [4.69, 9.17) is 20.4 Å². The molecule has 3 nitrogen and oxygen atoms in total. The molecule has 0 saturated carbocycles. The van der Waals surface area contributed by atoms with Crippen molar-refractivity contribution in [2.24, 2.45) is 0 Å². The summed E-state index contributed by atoms with van der Waals surface area (Å²) in [6.07, 6.45) is 0. The van der Waals surface area contributed by atoms with E-state index in [1.807, 2.05) is 13.0 Å². The van der Waals surface area contributed by atoms with Gasteiger partial charge in [-0.25, -0.2) is 4.79 Å². The molecular weight excluding hydrogens is 240 g/mol. The van der Waals surface area contributed by atoms with E-state index in [-0.39, 0.29) is 5.63 Å². The Balaban J connectivity index is 2.45. The van der Waals surface area contributed by atoms with Crippen LogP contribution in [0.15, 0.2) is 37.9 Å². The highest BCUT2D eigenvalue weighted by Gasteiger charge is 2.11. The maximum atomic E-state index is 11.1. The van der Waals surface area contributed by atoms with Crippen LogP contribution in [0.4, 0.5) is 0 Å². The van der Waals surface area contributed by atoms with Gasteiger partial charge in [0.15, 0.2) is 0 Å². The Hall–Kier alpha value is -1.74. The van der Waals surface area contributed by atoms with Crippen molar-refractivity contribution in [1.29, 1.82) is 0 Å². The minimum Gasteiger partial charge on any atom is -0.459 e. The molecule has 0 fully saturated rings. The molecule has 4 heteroatoms. The SMILES string of the molecule is Cc1c(CCl)oc2cc3oc(=O)ccc3cc12. The third kappa shape index (κ3) is 1.54. The van der Waals surface area contributed by atoms with E-state index >= 15 is 0 Å². The minimum absolute atomic E-state index is 0.334. The monoisotopic (exact) mass is 248 g/mol. The van der Waals surface area contributed by atoms with Crippen molar-refractivity contribution >= 4 is 33.5 Å². The topological polar surface area (TPSA) is 43.4 Å². The maximum absolute atomic E-state index is 11.1. The zero-order valence-electron chi connectivity index (χ0n) is 9.12. The van der Waals surface area contributed by atoms with Gasteiger partial charge < -0.3 is 8.83 Å². The predicted octanol–water partition coefficient (Wildman–Crippen LogP) is 3.59. The van der Waals surface area contributed by atoms with Crippen LogP contribution in [0.2, 0.25) is 0 Å². The normalized spacial score (nSPS) is 11.4. The quantitative estimate of drug-likeness (QED) is 0.488. The van der Waals surface area contributed by atoms with Crippen molar-refractivity contribution in [2.75, 3.05) is 0 Å². The van der Waals surface area contributed by atoms with E-state index in [1.54, 1.807) is 12.1 Å². The molecule has 3 rings (SSSR count). The van der Waals surface area contributed by atoms with E-state index in [0.717, 1.165) is 22.1 Å². The number of hydrogen-bond donors (Lipinski definition) is 0. The van der Waals surface area contributed by atoms with Crippen LogP contribution in [-0.2, 0) is 5.88 Å². The van der Waals surface area contributed by atoms with Crippen LogP contribution >= 0.6 is 11.6 Å². The molecule has 86 valence electrons. The molecule has 0 aliphatic rings. The third-order valence-electron chi connectivity index (χ3n) is 2.90. The Kier molecular flexibility index (Phi) is 2.23. The summed E-state index contributed by atoms with van der Waals surface area (Å²) in [5.74, 6) is 1.08. The Morgan fingerprint density at radius 1 is 1.18 bits per heavy atom. The minimum atomic E-state index is -0.363. The van der Waals surface area contributed by atoms with E-state index in [9.17, 15) is 4.79 Å². The average Bonchev–Trinajstić information content (AvgIpc) is 2.63. The summed E-state index contributed by atoms with van der Waals surface area (Å²) in [5, 5.41) is 1.88. The van der Waals surface area contributed by atoms with Gasteiger partial charge in [0.2, 0.25) is 0 Å². The molecule has 0 unspecified atom stereocenters. The van der Waals surface area contributed by atoms with Gasteiger partial charge in [-0.05, 0) is 24.6 Å². The molecule has 0 aliphatic carbocycles. The summed E-state index contributed by atoms with van der Waals surface area (Å²) in [5.41, 5.74) is 1.89. The van der Waals surface area contributed by atoms with Crippen LogP contribution in [0.25, 0.3) is 21.9 Å². The van der Waals surface area contributed by atoms with Gasteiger partial charge in [0.05, 0.1) is 5.88 Å². The first-order chi connectivity index (χ1) is 8.19. The standard InChI is InChI=1S/C13H9ClO3/c1-7-9-4-8-2-3-13(15)17-10(8)5-11(9)16-12(7)6-14/h2-5H,6H2,1H3. The highest BCUT2D eigenvalue weighted by molar-refractivity contribution is 6.17. The summed E-state index contributed by atoms with van der Waals surface area (Å²) in [4.78, 5) is 11.1. The lowest BCUT2D eigenvalue weighted by Crippen LogP contribution is -1.93. The van der Waals surface area contributed by atoms with Crippen molar-refractivity contribution in [3.63, 3.8) is 0 Å². The largest absolute Gasteiger partial charge is 0.459 e. The lowest BCUT2D eigenvalue weighted by Gasteiger charge is -1.95. The Morgan fingerprint density at radius 2 is 2.00 bits per heavy atom. The molecule has 0 atom stereocenters. The molecule has 0 bridgehead atoms. The fourth-order valence-electron chi connectivity index (χ4n) is 1.96. The van der Waals surface area contributed by atoms with Crippen LogP contribution in [0, 0.1) is 6.92 Å². The number of furan rings is 1. The van der Waals surface area contributed by atoms with Gasteiger partial charge in [0.1, 0.15) is 16.9 Å². The zero-order valence-corrected chi connectivity index (χ0v) is 9.88. The first kappa shape index (κ1) is 10.4. The van der Waals surface area contributed by atoms with Gasteiger partial charge in [-0.1, -0.05) is 0 Å². The fourth-order valence-corrected chi connectivity index (χ4v) is 2.22. The van der Waals surface area contributed by atoms with Crippen molar-refractivity contribution in [1.82, 2.24) is 0 Å². The van der Waals surface area contributed by atoms with Gasteiger partial charge in [-0.15, -0.1) is 11.6 Å². The van der Waals surface area contributed by atoms with Crippen LogP contribution in [0.5, 0.6) is 0 Å². The van der Waals surface area contributed by atoms with Crippen LogP contribution in [0.3, 0.4) is 0 Å². The second kappa shape index (κ2) is 3.64. The number of benzene rings is 1. The molecule has 0 N–H and O–H groups in total. The van der Waals surface area contributed by atoms with Crippen LogP contribution in [0.1, 0.15) is 11.3 Å². The van der Waals surface area contributed by atoms with E-state index in [0.29, 0.717) is 17.0 Å². The fraction of sp³-hybridized carbons (Fsp3) is 0.154. The Labute approximate surface area is 102 Å². The first-order valence-corrected chi connectivity index (χ1v) is 5.74. The maximum Gasteiger partial charge on any atom is 0.336 e. The summed E-state index contributed by atoms with van der Waals surface area (Å²) < 4.78 is 10.7. The van der Waals surface area contributed by atoms with Gasteiger partial charge in [0.25, 0.3) is 0 Å². The Bertz CT molecular complexity index is 767. The summed E-state index contributed by atoms with van der Waals surface area (Å²) in [6.45, 7) is 1.97. The molecule has 1 aromatic carbocycles. The number of alkyl halides is 1. The van der Waals surface area contributed by atoms with E-state index in [1.165, 1.54) is 6.07 Å². The van der Waals surface area contributed by atoms with Crippen LogP contribution in [-0.4, -0.2) is 0 Å². The van der Waals surface area contributed by atoms with E-state index < -0.39 is 0 Å². The molecule has 0 aliphatic heterocycles. The lowest BCUT2D eigenvalue weighted by atomic mass is 10.1. The van der Waals surface area contributed by atoms with E-state index in [2.05, 4.69) is 0 Å². The highest BCUT2D eigenvalue weighted by atomic mass is 35.5. The van der Waals surface area contributed by atoms with Crippen molar-refractivity contribution in [3.8, 4) is 0 Å². The van der Waals surface area contributed by atoms with Gasteiger partial charge >= 0.3 is 5.63 Å². The Morgan fingerprint density at radius 3 is 2.76 bits per heavy atom. The number of rotatable bonds is 1. The summed E-state index contributed by atoms with van der Waals surface area (Å²) in [6, 6.07) is 6.83. The zero-order chi connectivity index (χ0) is 12.0. The summed E-state index contributed by atoms with van der Waals surface area (Å²) in [7, 11) is 0. The van der Waals surface area contributed by atoms with Gasteiger partial charge in [0, 0.05) is 22.9 Å². The lowest BCUT2D eigenvalue weighted by molar-refractivity contribution is 0.554. The molecule has 0 spiro atoms. The van der Waals surface area contributed by atoms with Crippen molar-refractivity contribution in [2.45, 2.75) is 12.8 Å². The second-order valence-electron chi connectivity index (χ2n) is 3.92. The van der Waals surface area contributed by atoms with Gasteiger partial charge in [-0.3, -0.25) is 0 Å². The average molecular weight is 249 g/mol. The van der Waals surface area contributed by atoms with Crippen molar-refractivity contribution < 1.29 is 8.83 Å². The molecular formula is C13H9ClO3. The third-order valence-corrected chi connectivity index (χ3v) is 3.14. The number of halogens is 1. The number of aryl methyl sites for hydroxylation is 1. The molecule has 17 heavy (non-hydrogen) atoms. The smallest absolute Gasteiger partial charge is 0.336 e. The predicted molar refractivity (Wildman–Crippen MR) is 66.6 cm³/mol. The molecule has 0 saturated heterocycles. The first-order valence-electron chi connectivity index (χ1n) is 5.21. The summed E-state index contributed by atoms with van der Waals surface area (Å²) >= 11 is 5.79. The number of fused-ring (bicyclic) bond motifs is 2. The molecule has 0 amide bonds. The number of hydrogen-bond acceptors (Lipinski definition) is 3. The molecule has 2 heterocycles. The second-order valence-corrected chi connectivity index (χ2v) is 4.19. The molecule has 0 radical (unpaired) electrons.